The average molecular weight is 241 g/mol. The highest BCUT2D eigenvalue weighted by molar-refractivity contribution is 5.94. The van der Waals surface area contributed by atoms with Gasteiger partial charge in [-0.25, -0.2) is 9.59 Å². The zero-order chi connectivity index (χ0) is 13.0. The van der Waals surface area contributed by atoms with Crippen molar-refractivity contribution in [1.82, 2.24) is 15.3 Å². The van der Waals surface area contributed by atoms with Crippen LogP contribution in [0.4, 0.5) is 0 Å². The third kappa shape index (κ3) is 3.30. The highest BCUT2D eigenvalue weighted by atomic mass is 16.4. The number of hydrogen-bond acceptors (Lipinski definition) is 4. The Kier molecular flexibility index (Phi) is 3.81. The summed E-state index contributed by atoms with van der Waals surface area (Å²) in [5.74, 6) is -2.00. The Labute approximate surface area is 94.7 Å². The summed E-state index contributed by atoms with van der Waals surface area (Å²) in [6, 6.07) is -0.184. The molecule has 92 valence electrons. The number of carboxylic acids is 1. The molecule has 0 aliphatic carbocycles. The molecule has 0 aliphatic rings. The normalized spacial score (nSPS) is 11.8. The van der Waals surface area contributed by atoms with Gasteiger partial charge in [0.15, 0.2) is 0 Å². The molecule has 0 bridgehead atoms. The Morgan fingerprint density at radius 3 is 2.53 bits per heavy atom. The SMILES string of the molecule is CC[C@H](NC(=O)c1cc(=O)[nH]c(=O)[nH]1)C(=O)O. The fraction of sp³-hybridized carbons (Fsp3) is 0.333. The van der Waals surface area contributed by atoms with Crippen molar-refractivity contribution < 1.29 is 14.7 Å². The maximum absolute atomic E-state index is 11.5. The molecule has 1 rings (SSSR count). The van der Waals surface area contributed by atoms with Gasteiger partial charge in [-0.3, -0.25) is 14.6 Å². The molecule has 1 aromatic rings. The number of carbonyl (C=O) groups excluding carboxylic acids is 1. The van der Waals surface area contributed by atoms with Crippen LogP contribution in [0.5, 0.6) is 0 Å². The van der Waals surface area contributed by atoms with Crippen molar-refractivity contribution in [2.75, 3.05) is 0 Å². The lowest BCUT2D eigenvalue weighted by Crippen LogP contribution is -2.41. The van der Waals surface area contributed by atoms with Crippen molar-refractivity contribution in [3.63, 3.8) is 0 Å². The fourth-order valence-corrected chi connectivity index (χ4v) is 1.17. The van der Waals surface area contributed by atoms with Gasteiger partial charge in [-0.2, -0.15) is 0 Å². The molecule has 0 unspecified atom stereocenters. The first-order valence-corrected chi connectivity index (χ1v) is 4.81. The van der Waals surface area contributed by atoms with E-state index < -0.39 is 29.2 Å². The van der Waals surface area contributed by atoms with E-state index in [4.69, 9.17) is 5.11 Å². The van der Waals surface area contributed by atoms with Crippen LogP contribution < -0.4 is 16.6 Å². The molecule has 1 atom stereocenters. The number of aromatic amines is 2. The van der Waals surface area contributed by atoms with Crippen LogP contribution in [-0.2, 0) is 4.79 Å². The molecule has 0 saturated heterocycles. The van der Waals surface area contributed by atoms with E-state index in [1.807, 2.05) is 4.98 Å². The summed E-state index contributed by atoms with van der Waals surface area (Å²) < 4.78 is 0. The molecule has 0 radical (unpaired) electrons. The maximum atomic E-state index is 11.5. The molecule has 1 heterocycles. The van der Waals surface area contributed by atoms with Gasteiger partial charge in [0.25, 0.3) is 11.5 Å². The zero-order valence-corrected chi connectivity index (χ0v) is 8.94. The minimum atomic E-state index is -1.19. The van der Waals surface area contributed by atoms with E-state index in [-0.39, 0.29) is 12.1 Å². The fourth-order valence-electron chi connectivity index (χ4n) is 1.17. The molecular formula is C9H11N3O5. The monoisotopic (exact) mass is 241 g/mol. The van der Waals surface area contributed by atoms with Crippen molar-refractivity contribution >= 4 is 11.9 Å². The molecule has 0 aliphatic heterocycles. The number of aliphatic carboxylic acids is 1. The molecule has 17 heavy (non-hydrogen) atoms. The topological polar surface area (TPSA) is 132 Å². The quantitative estimate of drug-likeness (QED) is 0.517. The second kappa shape index (κ2) is 5.10. The van der Waals surface area contributed by atoms with Gasteiger partial charge in [-0.15, -0.1) is 0 Å². The molecule has 0 fully saturated rings. The van der Waals surface area contributed by atoms with Crippen LogP contribution in [0.25, 0.3) is 0 Å². The smallest absolute Gasteiger partial charge is 0.326 e. The second-order valence-electron chi connectivity index (χ2n) is 3.27. The first-order valence-electron chi connectivity index (χ1n) is 4.81. The zero-order valence-electron chi connectivity index (χ0n) is 8.94. The molecular weight excluding hydrogens is 230 g/mol. The number of hydrogen-bond donors (Lipinski definition) is 4. The Bertz CT molecular complexity index is 516. The van der Waals surface area contributed by atoms with Gasteiger partial charge in [0.1, 0.15) is 11.7 Å². The first-order chi connectivity index (χ1) is 7.93. The van der Waals surface area contributed by atoms with Gasteiger partial charge in [0.05, 0.1) is 0 Å². The standard InChI is InChI=1S/C9H11N3O5/c1-2-4(8(15)16)10-7(14)5-3-6(13)12-9(17)11-5/h3-4H,2H2,1H3,(H,10,14)(H,15,16)(H2,11,12,13,17)/t4-/m0/s1. The van der Waals surface area contributed by atoms with Crippen molar-refractivity contribution in [2.24, 2.45) is 0 Å². The van der Waals surface area contributed by atoms with Crippen LogP contribution in [0, 0.1) is 0 Å². The maximum Gasteiger partial charge on any atom is 0.326 e. The number of amides is 1. The van der Waals surface area contributed by atoms with Crippen LogP contribution in [0.1, 0.15) is 23.8 Å². The summed E-state index contributed by atoms with van der Waals surface area (Å²) in [5.41, 5.74) is -1.84. The molecule has 8 heteroatoms. The van der Waals surface area contributed by atoms with E-state index in [0.29, 0.717) is 0 Å². The van der Waals surface area contributed by atoms with Gasteiger partial charge in [0.2, 0.25) is 0 Å². The lowest BCUT2D eigenvalue weighted by molar-refractivity contribution is -0.139. The number of H-pyrrole nitrogens is 2. The van der Waals surface area contributed by atoms with Gasteiger partial charge in [-0.05, 0) is 6.42 Å². The summed E-state index contributed by atoms with van der Waals surface area (Å²) >= 11 is 0. The van der Waals surface area contributed by atoms with E-state index in [9.17, 15) is 19.2 Å². The van der Waals surface area contributed by atoms with Crippen molar-refractivity contribution in [2.45, 2.75) is 19.4 Å². The summed E-state index contributed by atoms with van der Waals surface area (Å²) in [4.78, 5) is 48.0. The number of nitrogens with one attached hydrogen (secondary N) is 3. The van der Waals surface area contributed by atoms with Gasteiger partial charge in [0, 0.05) is 6.07 Å². The first kappa shape index (κ1) is 12.7. The van der Waals surface area contributed by atoms with Crippen LogP contribution in [0.3, 0.4) is 0 Å². The molecule has 0 aromatic carbocycles. The van der Waals surface area contributed by atoms with Crippen molar-refractivity contribution in [3.8, 4) is 0 Å². The largest absolute Gasteiger partial charge is 0.480 e. The number of carbonyl (C=O) groups is 2. The van der Waals surface area contributed by atoms with E-state index >= 15 is 0 Å². The predicted molar refractivity (Wildman–Crippen MR) is 56.9 cm³/mol. The minimum Gasteiger partial charge on any atom is -0.480 e. The van der Waals surface area contributed by atoms with Crippen LogP contribution >= 0.6 is 0 Å². The third-order valence-electron chi connectivity index (χ3n) is 2.02. The number of aromatic nitrogens is 2. The Morgan fingerprint density at radius 1 is 1.41 bits per heavy atom. The summed E-state index contributed by atoms with van der Waals surface area (Å²) in [6.45, 7) is 1.58. The number of carboxylic acid groups (broad SMARTS) is 1. The third-order valence-corrected chi connectivity index (χ3v) is 2.02. The average Bonchev–Trinajstić information content (AvgIpc) is 2.23. The molecule has 0 spiro atoms. The summed E-state index contributed by atoms with van der Waals surface area (Å²) in [7, 11) is 0. The number of rotatable bonds is 4. The van der Waals surface area contributed by atoms with E-state index in [0.717, 1.165) is 6.07 Å². The Balaban J connectivity index is 2.93. The highest BCUT2D eigenvalue weighted by Gasteiger charge is 2.19. The van der Waals surface area contributed by atoms with E-state index in [1.54, 1.807) is 6.92 Å². The molecule has 4 N–H and O–H groups in total. The van der Waals surface area contributed by atoms with Crippen LogP contribution in [0.15, 0.2) is 15.7 Å². The minimum absolute atomic E-state index is 0.189. The van der Waals surface area contributed by atoms with E-state index in [2.05, 4.69) is 10.3 Å². The second-order valence-corrected chi connectivity index (χ2v) is 3.27. The molecule has 8 nitrogen and oxygen atoms in total. The lowest BCUT2D eigenvalue weighted by atomic mass is 10.2. The van der Waals surface area contributed by atoms with Crippen LogP contribution in [0.2, 0.25) is 0 Å². The van der Waals surface area contributed by atoms with Gasteiger partial charge in [-0.1, -0.05) is 6.92 Å². The van der Waals surface area contributed by atoms with Crippen LogP contribution in [-0.4, -0.2) is 33.0 Å². The predicted octanol–water partition coefficient (Wildman–Crippen LogP) is -1.34. The molecule has 0 saturated carbocycles. The van der Waals surface area contributed by atoms with Crippen molar-refractivity contribution in [3.05, 3.63) is 32.6 Å². The van der Waals surface area contributed by atoms with Gasteiger partial charge < -0.3 is 15.4 Å². The Morgan fingerprint density at radius 2 is 2.06 bits per heavy atom. The van der Waals surface area contributed by atoms with E-state index in [1.165, 1.54) is 0 Å². The molecule has 1 aromatic heterocycles. The summed E-state index contributed by atoms with van der Waals surface area (Å²) in [6.07, 6.45) is 0.189. The Hall–Kier alpha value is -2.38. The molecule has 1 amide bonds. The van der Waals surface area contributed by atoms with Gasteiger partial charge >= 0.3 is 11.7 Å². The highest BCUT2D eigenvalue weighted by Crippen LogP contribution is 1.94. The lowest BCUT2D eigenvalue weighted by Gasteiger charge is -2.11. The van der Waals surface area contributed by atoms with Crippen molar-refractivity contribution in [1.29, 1.82) is 0 Å². The summed E-state index contributed by atoms with van der Waals surface area (Å²) in [5, 5.41) is 10.9.